The van der Waals surface area contributed by atoms with E-state index in [1.807, 2.05) is 0 Å². The normalized spacial score (nSPS) is 0. The van der Waals surface area contributed by atoms with Crippen LogP contribution in [-0.2, 0) is 0 Å². The Hall–Kier alpha value is 2.70. The second-order valence-electron chi connectivity index (χ2n) is 0. The minimum Gasteiger partial charge on any atom is -0.870 e. The summed E-state index contributed by atoms with van der Waals surface area (Å²) in [4.78, 5) is 0. The van der Waals surface area contributed by atoms with E-state index in [1.54, 1.807) is 0 Å². The van der Waals surface area contributed by atoms with E-state index >= 15 is 0 Å². The summed E-state index contributed by atoms with van der Waals surface area (Å²) >= 11 is 0. The molecule has 0 atom stereocenters. The fourth-order valence-electron chi connectivity index (χ4n) is 0. The van der Waals surface area contributed by atoms with E-state index in [9.17, 15) is 0 Å². The fourth-order valence-corrected chi connectivity index (χ4v) is 0. The number of hydrogen-bond acceptors (Lipinski definition) is 3. The second kappa shape index (κ2) is 29.9. The molecule has 5 heavy (non-hydrogen) atoms. The molecule has 0 radical (unpaired) electrons. The standard InChI is InChI=1S/Cs.Mg.3H2O/h;;3*1H2/q+1;+2;;;/p-3. The summed E-state index contributed by atoms with van der Waals surface area (Å²) in [6.07, 6.45) is 0. The average molecular weight is 208 g/mol. The van der Waals surface area contributed by atoms with Crippen molar-refractivity contribution in [1.29, 1.82) is 0 Å². The molecular formula is H3CsMgO3. The van der Waals surface area contributed by atoms with Crippen LogP contribution in [0.3, 0.4) is 0 Å². The topological polar surface area (TPSA) is 90.0 Å². The third kappa shape index (κ3) is 20.3. The van der Waals surface area contributed by atoms with Gasteiger partial charge in [-0.3, -0.25) is 0 Å². The van der Waals surface area contributed by atoms with Gasteiger partial charge in [0.15, 0.2) is 0 Å². The van der Waals surface area contributed by atoms with E-state index in [2.05, 4.69) is 0 Å². The van der Waals surface area contributed by atoms with Crippen LogP contribution in [0.1, 0.15) is 0 Å². The first-order valence-electron chi connectivity index (χ1n) is 0. The molecule has 0 aliphatic heterocycles. The summed E-state index contributed by atoms with van der Waals surface area (Å²) in [5.41, 5.74) is 0. The Bertz CT molecular complexity index is 6.85. The van der Waals surface area contributed by atoms with Crippen LogP contribution in [0.25, 0.3) is 0 Å². The van der Waals surface area contributed by atoms with Crippen molar-refractivity contribution in [2.75, 3.05) is 0 Å². The average Bonchev–Trinajstić information content (AvgIpc) is 0. The van der Waals surface area contributed by atoms with E-state index in [-0.39, 0.29) is 108 Å². The summed E-state index contributed by atoms with van der Waals surface area (Å²) in [5.74, 6) is 0. The number of hydrogen-bond donors (Lipinski definition) is 0. The summed E-state index contributed by atoms with van der Waals surface area (Å²) in [6.45, 7) is 0. The van der Waals surface area contributed by atoms with Crippen LogP contribution >= 0.6 is 0 Å². The summed E-state index contributed by atoms with van der Waals surface area (Å²) in [6, 6.07) is 0. The van der Waals surface area contributed by atoms with Crippen LogP contribution in [0.2, 0.25) is 0 Å². The molecule has 0 heterocycles. The van der Waals surface area contributed by atoms with Crippen molar-refractivity contribution in [2.24, 2.45) is 0 Å². The molecule has 0 aliphatic carbocycles. The van der Waals surface area contributed by atoms with E-state index in [1.165, 1.54) is 0 Å². The van der Waals surface area contributed by atoms with E-state index in [0.717, 1.165) is 0 Å². The molecule has 0 aromatic heterocycles. The predicted octanol–water partition coefficient (Wildman–Crippen LogP) is -3.91. The predicted molar refractivity (Wildman–Crippen MR) is 11.6 cm³/mol. The Morgan fingerprint density at radius 2 is 0.600 bits per heavy atom. The monoisotopic (exact) mass is 208 g/mol. The van der Waals surface area contributed by atoms with Crippen LogP contribution in [0.5, 0.6) is 0 Å². The van der Waals surface area contributed by atoms with Crippen LogP contribution in [0.4, 0.5) is 0 Å². The first-order valence-corrected chi connectivity index (χ1v) is 0. The Morgan fingerprint density at radius 1 is 0.600 bits per heavy atom. The zero-order chi connectivity index (χ0) is 0. The minimum atomic E-state index is 0. The van der Waals surface area contributed by atoms with Crippen LogP contribution in [0, 0.1) is 0 Å². The Balaban J connectivity index is 0. The van der Waals surface area contributed by atoms with Gasteiger partial charge in [0.2, 0.25) is 0 Å². The largest absolute Gasteiger partial charge is 2.00 e. The van der Waals surface area contributed by atoms with Gasteiger partial charge in [0.25, 0.3) is 0 Å². The molecule has 24 valence electrons. The van der Waals surface area contributed by atoms with Gasteiger partial charge in [-0.25, -0.2) is 0 Å². The van der Waals surface area contributed by atoms with E-state index in [4.69, 9.17) is 0 Å². The van der Waals surface area contributed by atoms with E-state index < -0.39 is 0 Å². The maximum Gasteiger partial charge on any atom is 2.00 e. The van der Waals surface area contributed by atoms with Gasteiger partial charge in [0.05, 0.1) is 0 Å². The van der Waals surface area contributed by atoms with Crippen molar-refractivity contribution in [1.82, 2.24) is 0 Å². The minimum absolute atomic E-state index is 0. The van der Waals surface area contributed by atoms with Gasteiger partial charge >= 0.3 is 91.9 Å². The van der Waals surface area contributed by atoms with Gasteiger partial charge in [-0.2, -0.15) is 0 Å². The molecule has 0 bridgehead atoms. The summed E-state index contributed by atoms with van der Waals surface area (Å²) in [5, 5.41) is 0. The third-order valence-electron chi connectivity index (χ3n) is 0. The number of rotatable bonds is 0. The molecule has 3 nitrogen and oxygen atoms in total. The van der Waals surface area contributed by atoms with Crippen LogP contribution in [0.15, 0.2) is 0 Å². The van der Waals surface area contributed by atoms with Gasteiger partial charge in [-0.15, -0.1) is 0 Å². The fraction of sp³-hybridized carbons (Fsp3) is 0. The maximum atomic E-state index is 0. The van der Waals surface area contributed by atoms with Crippen LogP contribution in [-0.4, -0.2) is 39.5 Å². The van der Waals surface area contributed by atoms with Crippen LogP contribution < -0.4 is 68.9 Å². The molecule has 3 N–H and O–H groups in total. The molecule has 0 amide bonds. The zero-order valence-corrected chi connectivity index (χ0v) is 10.7. The van der Waals surface area contributed by atoms with Crippen molar-refractivity contribution < 1.29 is 85.3 Å². The Labute approximate surface area is 105 Å². The Morgan fingerprint density at radius 3 is 0.600 bits per heavy atom. The first-order chi connectivity index (χ1) is 0. The smallest absolute Gasteiger partial charge is 0.870 e. The zero-order valence-electron chi connectivity index (χ0n) is 3.05. The van der Waals surface area contributed by atoms with Gasteiger partial charge in [-0.05, 0) is 0 Å². The van der Waals surface area contributed by atoms with E-state index in [0.29, 0.717) is 0 Å². The summed E-state index contributed by atoms with van der Waals surface area (Å²) in [7, 11) is 0. The van der Waals surface area contributed by atoms with Gasteiger partial charge in [0, 0.05) is 0 Å². The van der Waals surface area contributed by atoms with Gasteiger partial charge < -0.3 is 16.4 Å². The molecule has 0 spiro atoms. The van der Waals surface area contributed by atoms with Gasteiger partial charge in [0.1, 0.15) is 0 Å². The van der Waals surface area contributed by atoms with Crippen molar-refractivity contribution in [3.8, 4) is 0 Å². The molecule has 0 rings (SSSR count). The molecule has 0 saturated carbocycles. The van der Waals surface area contributed by atoms with Crippen molar-refractivity contribution >= 4 is 23.1 Å². The molecule has 0 aliphatic rings. The molecule has 0 saturated heterocycles. The third-order valence-corrected chi connectivity index (χ3v) is 0. The SMILES string of the molecule is [Cs+].[Mg+2].[OH-].[OH-].[OH-]. The van der Waals surface area contributed by atoms with Crippen molar-refractivity contribution in [3.05, 3.63) is 0 Å². The second-order valence-corrected chi connectivity index (χ2v) is 0. The molecular weight excluding hydrogens is 205 g/mol. The quantitative estimate of drug-likeness (QED) is 0.381. The molecule has 0 unspecified atom stereocenters. The first kappa shape index (κ1) is 47.4. The molecule has 5 heteroatoms. The van der Waals surface area contributed by atoms with Crippen molar-refractivity contribution in [3.63, 3.8) is 0 Å². The molecule has 0 fully saturated rings. The maximum absolute atomic E-state index is 0. The van der Waals surface area contributed by atoms with Gasteiger partial charge in [-0.1, -0.05) is 0 Å². The van der Waals surface area contributed by atoms with Crippen molar-refractivity contribution in [2.45, 2.75) is 0 Å². The summed E-state index contributed by atoms with van der Waals surface area (Å²) < 4.78 is 0. The Kier molecular flexibility index (Phi) is 283. The molecule has 0 aromatic carbocycles. The molecule has 0 aromatic rings.